The maximum atomic E-state index is 12.7. The third-order valence-corrected chi connectivity index (χ3v) is 4.02. The van der Waals surface area contributed by atoms with Gasteiger partial charge in [0.25, 0.3) is 0 Å². The van der Waals surface area contributed by atoms with E-state index in [2.05, 4.69) is 0 Å². The third kappa shape index (κ3) is 3.22. The lowest BCUT2D eigenvalue weighted by Gasteiger charge is -2.12. The Hall–Kier alpha value is -1.51. The zero-order valence-corrected chi connectivity index (χ0v) is 13.7. The van der Waals surface area contributed by atoms with Crippen molar-refractivity contribution in [2.75, 3.05) is 6.61 Å². The zero-order valence-electron chi connectivity index (χ0n) is 12.2. The highest BCUT2D eigenvalue weighted by Crippen LogP contribution is 2.33. The van der Waals surface area contributed by atoms with Gasteiger partial charge in [-0.3, -0.25) is 4.79 Å². The molecule has 0 fully saturated rings. The minimum Gasteiger partial charge on any atom is -0.492 e. The molecule has 0 atom stereocenters. The molecule has 0 N–H and O–H groups in total. The Morgan fingerprint density at radius 3 is 2.48 bits per heavy atom. The molecule has 0 saturated heterocycles. The van der Waals surface area contributed by atoms with Gasteiger partial charge in [-0.2, -0.15) is 0 Å². The summed E-state index contributed by atoms with van der Waals surface area (Å²) in [7, 11) is 0. The highest BCUT2D eigenvalue weighted by Gasteiger charge is 2.18. The van der Waals surface area contributed by atoms with Crippen LogP contribution in [0.15, 0.2) is 30.3 Å². The summed E-state index contributed by atoms with van der Waals surface area (Å²) in [5, 5.41) is 0.726. The molecule has 0 spiro atoms. The number of benzene rings is 2. The van der Waals surface area contributed by atoms with Crippen LogP contribution < -0.4 is 4.74 Å². The average molecular weight is 323 g/mol. The van der Waals surface area contributed by atoms with Gasteiger partial charge in [0.2, 0.25) is 0 Å². The first kappa shape index (κ1) is 15.9. The first-order valence-corrected chi connectivity index (χ1v) is 7.44. The van der Waals surface area contributed by atoms with Crippen LogP contribution in [0, 0.1) is 13.8 Å². The van der Waals surface area contributed by atoms with E-state index in [9.17, 15) is 4.79 Å². The molecule has 0 aliphatic carbocycles. The second-order valence-electron chi connectivity index (χ2n) is 4.77. The van der Waals surface area contributed by atoms with Gasteiger partial charge in [-0.05, 0) is 38.0 Å². The molecule has 0 aliphatic rings. The van der Waals surface area contributed by atoms with Crippen molar-refractivity contribution in [1.82, 2.24) is 0 Å². The lowest BCUT2D eigenvalue weighted by Crippen LogP contribution is -2.06. The van der Waals surface area contributed by atoms with Gasteiger partial charge >= 0.3 is 0 Å². The third-order valence-electron chi connectivity index (χ3n) is 3.42. The molecule has 0 radical (unpaired) electrons. The molecule has 0 aromatic heterocycles. The summed E-state index contributed by atoms with van der Waals surface area (Å²) in [5.74, 6) is 0.354. The smallest absolute Gasteiger partial charge is 0.194 e. The molecule has 0 unspecified atom stereocenters. The van der Waals surface area contributed by atoms with Crippen molar-refractivity contribution < 1.29 is 9.53 Å². The Morgan fingerprint density at radius 1 is 1.10 bits per heavy atom. The van der Waals surface area contributed by atoms with Crippen molar-refractivity contribution in [2.45, 2.75) is 20.8 Å². The summed E-state index contributed by atoms with van der Waals surface area (Å²) in [6, 6.07) is 8.79. The van der Waals surface area contributed by atoms with Crippen molar-refractivity contribution in [1.29, 1.82) is 0 Å². The first-order valence-electron chi connectivity index (χ1n) is 6.68. The number of ether oxygens (including phenoxy) is 1. The number of hydrogen-bond donors (Lipinski definition) is 0. The Morgan fingerprint density at radius 2 is 1.81 bits per heavy atom. The minimum atomic E-state index is -0.133. The van der Waals surface area contributed by atoms with Crippen LogP contribution in [0.1, 0.15) is 34.0 Å². The first-order chi connectivity index (χ1) is 9.95. The average Bonchev–Trinajstić information content (AvgIpc) is 2.45. The number of aryl methyl sites for hydroxylation is 1. The molecule has 0 aliphatic heterocycles. The maximum absolute atomic E-state index is 12.7. The van der Waals surface area contributed by atoms with E-state index in [-0.39, 0.29) is 5.78 Å². The normalized spacial score (nSPS) is 10.5. The molecular weight excluding hydrogens is 307 g/mol. The Balaban J connectivity index is 2.49. The van der Waals surface area contributed by atoms with Crippen LogP contribution in [0.2, 0.25) is 10.0 Å². The van der Waals surface area contributed by atoms with Crippen molar-refractivity contribution in [3.05, 3.63) is 62.6 Å². The zero-order chi connectivity index (χ0) is 15.6. The fraction of sp³-hybridized carbons (Fsp3) is 0.235. The van der Waals surface area contributed by atoms with Crippen molar-refractivity contribution in [3.63, 3.8) is 0 Å². The summed E-state index contributed by atoms with van der Waals surface area (Å²) < 4.78 is 5.37. The summed E-state index contributed by atoms with van der Waals surface area (Å²) in [5.41, 5.74) is 3.04. The van der Waals surface area contributed by atoms with E-state index in [1.54, 1.807) is 18.2 Å². The fourth-order valence-electron chi connectivity index (χ4n) is 2.11. The van der Waals surface area contributed by atoms with Crippen LogP contribution in [0.4, 0.5) is 0 Å². The number of hydrogen-bond acceptors (Lipinski definition) is 2. The van der Waals surface area contributed by atoms with E-state index in [0.29, 0.717) is 33.5 Å². The van der Waals surface area contributed by atoms with Crippen molar-refractivity contribution in [3.8, 4) is 5.75 Å². The molecule has 2 nitrogen and oxygen atoms in total. The molecule has 0 saturated carbocycles. The summed E-state index contributed by atoms with van der Waals surface area (Å²) in [4.78, 5) is 12.7. The molecule has 0 bridgehead atoms. The number of carbonyl (C=O) groups excluding carboxylic acids is 1. The van der Waals surface area contributed by atoms with Gasteiger partial charge in [-0.25, -0.2) is 0 Å². The van der Waals surface area contributed by atoms with Crippen LogP contribution in [0.3, 0.4) is 0 Å². The molecule has 2 aromatic rings. The van der Waals surface area contributed by atoms with E-state index in [1.807, 2.05) is 32.9 Å². The van der Waals surface area contributed by atoms with Gasteiger partial charge in [0.05, 0.1) is 16.7 Å². The number of halogens is 2. The minimum absolute atomic E-state index is 0.133. The molecule has 110 valence electrons. The molecule has 2 aromatic carbocycles. The molecular formula is C17H16Cl2O2. The maximum Gasteiger partial charge on any atom is 0.194 e. The van der Waals surface area contributed by atoms with Gasteiger partial charge in [0.1, 0.15) is 5.75 Å². The van der Waals surface area contributed by atoms with Crippen LogP contribution >= 0.6 is 23.2 Å². The monoisotopic (exact) mass is 322 g/mol. The van der Waals surface area contributed by atoms with Crippen LogP contribution in [-0.2, 0) is 0 Å². The Labute approximate surface area is 134 Å². The van der Waals surface area contributed by atoms with E-state index in [4.69, 9.17) is 27.9 Å². The molecule has 0 amide bonds. The standard InChI is InChI=1S/C17H16Cl2O2/c1-4-21-16-9-14(18)13(8-15(16)19)17(20)12-7-5-6-10(2)11(12)3/h5-9H,4H2,1-3H3. The van der Waals surface area contributed by atoms with Gasteiger partial charge in [0, 0.05) is 17.2 Å². The van der Waals surface area contributed by atoms with Crippen LogP contribution in [0.25, 0.3) is 0 Å². The van der Waals surface area contributed by atoms with Crippen LogP contribution in [0.5, 0.6) is 5.75 Å². The molecule has 0 heterocycles. The van der Waals surface area contributed by atoms with E-state index < -0.39 is 0 Å². The predicted octanol–water partition coefficient (Wildman–Crippen LogP) is 5.24. The number of ketones is 1. The fourth-order valence-corrected chi connectivity index (χ4v) is 2.57. The lowest BCUT2D eigenvalue weighted by atomic mass is 9.96. The van der Waals surface area contributed by atoms with Gasteiger partial charge < -0.3 is 4.74 Å². The Kier molecular flexibility index (Phi) is 4.92. The highest BCUT2D eigenvalue weighted by molar-refractivity contribution is 6.37. The second-order valence-corrected chi connectivity index (χ2v) is 5.59. The highest BCUT2D eigenvalue weighted by atomic mass is 35.5. The summed E-state index contributed by atoms with van der Waals surface area (Å²) in [6.07, 6.45) is 0. The van der Waals surface area contributed by atoms with Crippen LogP contribution in [-0.4, -0.2) is 12.4 Å². The van der Waals surface area contributed by atoms with Gasteiger partial charge in [-0.15, -0.1) is 0 Å². The van der Waals surface area contributed by atoms with Crippen molar-refractivity contribution in [2.24, 2.45) is 0 Å². The summed E-state index contributed by atoms with van der Waals surface area (Å²) >= 11 is 12.4. The SMILES string of the molecule is CCOc1cc(Cl)c(C(=O)c2cccc(C)c2C)cc1Cl. The van der Waals surface area contributed by atoms with Gasteiger partial charge in [0.15, 0.2) is 5.78 Å². The van der Waals surface area contributed by atoms with E-state index in [0.717, 1.165) is 11.1 Å². The molecule has 21 heavy (non-hydrogen) atoms. The predicted molar refractivity (Wildman–Crippen MR) is 87.0 cm³/mol. The molecule has 2 rings (SSSR count). The number of carbonyl (C=O) groups is 1. The Bertz CT molecular complexity index is 693. The lowest BCUT2D eigenvalue weighted by molar-refractivity contribution is 0.103. The van der Waals surface area contributed by atoms with E-state index >= 15 is 0 Å². The quantitative estimate of drug-likeness (QED) is 0.719. The largest absolute Gasteiger partial charge is 0.492 e. The number of rotatable bonds is 4. The summed E-state index contributed by atoms with van der Waals surface area (Å²) in [6.45, 7) is 6.24. The molecule has 4 heteroatoms. The van der Waals surface area contributed by atoms with Gasteiger partial charge in [-0.1, -0.05) is 41.4 Å². The topological polar surface area (TPSA) is 26.3 Å². The second kappa shape index (κ2) is 6.50. The van der Waals surface area contributed by atoms with E-state index in [1.165, 1.54) is 0 Å². The van der Waals surface area contributed by atoms with Crippen molar-refractivity contribution >= 4 is 29.0 Å².